The predicted molar refractivity (Wildman–Crippen MR) is 85.7 cm³/mol. The molecule has 0 bridgehead atoms. The minimum Gasteiger partial charge on any atom is -0.394 e. The molecule has 2 aromatic rings. The minimum absolute atomic E-state index is 0.220. The van der Waals surface area contributed by atoms with Gasteiger partial charge in [-0.1, -0.05) is 23.2 Å². The van der Waals surface area contributed by atoms with Gasteiger partial charge in [0.1, 0.15) is 5.82 Å². The molecule has 5 heteroatoms. The average Bonchev–Trinajstić information content (AvgIpc) is 2.40. The second-order valence-electron chi connectivity index (χ2n) is 5.26. The fourth-order valence-corrected chi connectivity index (χ4v) is 2.74. The van der Waals surface area contributed by atoms with Crippen molar-refractivity contribution < 1.29 is 9.50 Å². The topological polar surface area (TPSA) is 32.3 Å². The standard InChI is InChI=1S/C16H16Cl2FNO/c1-10-5-12(19)8-13(6-10)20-16(2,9-21)14-7-11(17)3-4-15(14)18/h3-8,20-21H,9H2,1-2H3. The van der Waals surface area contributed by atoms with Gasteiger partial charge in [-0.25, -0.2) is 4.39 Å². The molecule has 2 nitrogen and oxygen atoms in total. The number of nitrogens with one attached hydrogen (secondary N) is 1. The van der Waals surface area contributed by atoms with Crippen LogP contribution in [0.1, 0.15) is 18.1 Å². The molecule has 112 valence electrons. The van der Waals surface area contributed by atoms with Crippen LogP contribution in [0.25, 0.3) is 0 Å². The zero-order valence-electron chi connectivity index (χ0n) is 11.8. The number of anilines is 1. The normalized spacial score (nSPS) is 13.8. The summed E-state index contributed by atoms with van der Waals surface area (Å²) in [7, 11) is 0. The van der Waals surface area contributed by atoms with Crippen molar-refractivity contribution in [1.82, 2.24) is 0 Å². The number of aliphatic hydroxyl groups is 1. The van der Waals surface area contributed by atoms with Crippen LogP contribution in [-0.4, -0.2) is 11.7 Å². The zero-order valence-corrected chi connectivity index (χ0v) is 13.3. The largest absolute Gasteiger partial charge is 0.394 e. The molecule has 0 spiro atoms. The number of rotatable bonds is 4. The number of benzene rings is 2. The Kier molecular flexibility index (Phi) is 4.77. The third-order valence-corrected chi connectivity index (χ3v) is 3.87. The summed E-state index contributed by atoms with van der Waals surface area (Å²) in [6.45, 7) is 3.37. The lowest BCUT2D eigenvalue weighted by Gasteiger charge is -2.31. The Morgan fingerprint density at radius 3 is 2.52 bits per heavy atom. The van der Waals surface area contributed by atoms with E-state index in [0.717, 1.165) is 5.56 Å². The van der Waals surface area contributed by atoms with E-state index in [4.69, 9.17) is 23.2 Å². The highest BCUT2D eigenvalue weighted by atomic mass is 35.5. The van der Waals surface area contributed by atoms with Crippen molar-refractivity contribution in [2.24, 2.45) is 0 Å². The third-order valence-electron chi connectivity index (χ3n) is 3.30. The molecule has 0 amide bonds. The van der Waals surface area contributed by atoms with Gasteiger partial charge in [0, 0.05) is 15.7 Å². The quantitative estimate of drug-likeness (QED) is 0.848. The van der Waals surface area contributed by atoms with Crippen molar-refractivity contribution in [3.63, 3.8) is 0 Å². The average molecular weight is 328 g/mol. The van der Waals surface area contributed by atoms with Gasteiger partial charge in [0.05, 0.1) is 12.1 Å². The van der Waals surface area contributed by atoms with Gasteiger partial charge in [0.25, 0.3) is 0 Å². The molecule has 2 N–H and O–H groups in total. The summed E-state index contributed by atoms with van der Waals surface area (Å²) in [4.78, 5) is 0. The molecule has 0 aliphatic carbocycles. The Morgan fingerprint density at radius 1 is 1.19 bits per heavy atom. The first-order valence-electron chi connectivity index (χ1n) is 6.46. The van der Waals surface area contributed by atoms with E-state index < -0.39 is 5.54 Å². The van der Waals surface area contributed by atoms with E-state index in [2.05, 4.69) is 5.32 Å². The van der Waals surface area contributed by atoms with E-state index in [-0.39, 0.29) is 12.4 Å². The number of hydrogen-bond donors (Lipinski definition) is 2. The molecule has 2 rings (SSSR count). The first-order valence-corrected chi connectivity index (χ1v) is 7.21. The summed E-state index contributed by atoms with van der Waals surface area (Å²) in [6.07, 6.45) is 0. The molecule has 0 radical (unpaired) electrons. The zero-order chi connectivity index (χ0) is 15.6. The molecule has 0 fully saturated rings. The van der Waals surface area contributed by atoms with Gasteiger partial charge >= 0.3 is 0 Å². The molecule has 0 heterocycles. The Labute approximate surface area is 133 Å². The van der Waals surface area contributed by atoms with Gasteiger partial charge in [-0.3, -0.25) is 0 Å². The fourth-order valence-electron chi connectivity index (χ4n) is 2.24. The van der Waals surface area contributed by atoms with Crippen LogP contribution in [0.5, 0.6) is 0 Å². The molecule has 2 aromatic carbocycles. The van der Waals surface area contributed by atoms with Crippen LogP contribution in [0.4, 0.5) is 10.1 Å². The maximum Gasteiger partial charge on any atom is 0.125 e. The SMILES string of the molecule is Cc1cc(F)cc(NC(C)(CO)c2cc(Cl)ccc2Cl)c1. The van der Waals surface area contributed by atoms with Crippen LogP contribution in [0.3, 0.4) is 0 Å². The predicted octanol–water partition coefficient (Wildman–Crippen LogP) is 4.76. The molecule has 0 saturated heterocycles. The molecule has 0 aliphatic heterocycles. The highest BCUT2D eigenvalue weighted by Crippen LogP contribution is 2.33. The Balaban J connectivity index is 2.43. The lowest BCUT2D eigenvalue weighted by Crippen LogP contribution is -2.36. The van der Waals surface area contributed by atoms with Crippen LogP contribution in [0.15, 0.2) is 36.4 Å². The summed E-state index contributed by atoms with van der Waals surface area (Å²) in [5.41, 5.74) is 1.14. The summed E-state index contributed by atoms with van der Waals surface area (Å²) < 4.78 is 13.5. The van der Waals surface area contributed by atoms with E-state index in [1.54, 1.807) is 38.1 Å². The molecule has 1 atom stereocenters. The van der Waals surface area contributed by atoms with E-state index in [0.29, 0.717) is 21.3 Å². The van der Waals surface area contributed by atoms with Crippen LogP contribution < -0.4 is 5.32 Å². The van der Waals surface area contributed by atoms with E-state index in [1.807, 2.05) is 0 Å². The second-order valence-corrected chi connectivity index (χ2v) is 6.10. The molecule has 21 heavy (non-hydrogen) atoms. The fraction of sp³-hybridized carbons (Fsp3) is 0.250. The molecular formula is C16H16Cl2FNO. The molecular weight excluding hydrogens is 312 g/mol. The summed E-state index contributed by atoms with van der Waals surface area (Å²) in [5, 5.41) is 13.9. The first-order chi connectivity index (χ1) is 9.84. The van der Waals surface area contributed by atoms with Crippen LogP contribution in [-0.2, 0) is 5.54 Å². The molecule has 1 unspecified atom stereocenters. The smallest absolute Gasteiger partial charge is 0.125 e. The van der Waals surface area contributed by atoms with Gasteiger partial charge in [-0.05, 0) is 61.4 Å². The third kappa shape index (κ3) is 3.67. The van der Waals surface area contributed by atoms with Gasteiger partial charge < -0.3 is 10.4 Å². The lowest BCUT2D eigenvalue weighted by molar-refractivity contribution is 0.224. The van der Waals surface area contributed by atoms with Crippen LogP contribution in [0.2, 0.25) is 10.0 Å². The van der Waals surface area contributed by atoms with E-state index >= 15 is 0 Å². The highest BCUT2D eigenvalue weighted by molar-refractivity contribution is 6.33. The Hall–Kier alpha value is -1.29. The maximum atomic E-state index is 13.5. The van der Waals surface area contributed by atoms with E-state index in [1.165, 1.54) is 12.1 Å². The number of aryl methyl sites for hydroxylation is 1. The van der Waals surface area contributed by atoms with Crippen molar-refractivity contribution in [1.29, 1.82) is 0 Å². The molecule has 0 saturated carbocycles. The maximum absolute atomic E-state index is 13.5. The van der Waals surface area contributed by atoms with Gasteiger partial charge in [-0.2, -0.15) is 0 Å². The lowest BCUT2D eigenvalue weighted by atomic mass is 9.92. The van der Waals surface area contributed by atoms with Crippen molar-refractivity contribution in [3.05, 3.63) is 63.4 Å². The molecule has 0 aromatic heterocycles. The van der Waals surface area contributed by atoms with Crippen molar-refractivity contribution in [2.75, 3.05) is 11.9 Å². The number of halogens is 3. The van der Waals surface area contributed by atoms with Gasteiger partial charge in [0.15, 0.2) is 0 Å². The number of aliphatic hydroxyl groups excluding tert-OH is 1. The highest BCUT2D eigenvalue weighted by Gasteiger charge is 2.28. The van der Waals surface area contributed by atoms with Crippen LogP contribution in [0, 0.1) is 12.7 Å². The minimum atomic E-state index is -0.873. The summed E-state index contributed by atoms with van der Waals surface area (Å²) in [5.74, 6) is -0.338. The van der Waals surface area contributed by atoms with Gasteiger partial charge in [-0.15, -0.1) is 0 Å². The summed E-state index contributed by atoms with van der Waals surface area (Å²) in [6, 6.07) is 9.66. The first kappa shape index (κ1) is 16.1. The Bertz CT molecular complexity index is 642. The monoisotopic (exact) mass is 327 g/mol. The van der Waals surface area contributed by atoms with Crippen molar-refractivity contribution in [3.8, 4) is 0 Å². The van der Waals surface area contributed by atoms with E-state index in [9.17, 15) is 9.50 Å². The van der Waals surface area contributed by atoms with Gasteiger partial charge in [0.2, 0.25) is 0 Å². The van der Waals surface area contributed by atoms with Crippen molar-refractivity contribution >= 4 is 28.9 Å². The summed E-state index contributed by atoms with van der Waals surface area (Å²) >= 11 is 12.2. The Morgan fingerprint density at radius 2 is 1.90 bits per heavy atom. The number of hydrogen-bond acceptors (Lipinski definition) is 2. The second kappa shape index (κ2) is 6.22. The molecule has 0 aliphatic rings. The van der Waals surface area contributed by atoms with Crippen LogP contribution >= 0.6 is 23.2 Å². The van der Waals surface area contributed by atoms with Crippen molar-refractivity contribution in [2.45, 2.75) is 19.4 Å².